The lowest BCUT2D eigenvalue weighted by atomic mass is 9.98. The average Bonchev–Trinajstić information content (AvgIpc) is 2.85. The first kappa shape index (κ1) is 25.9. The Bertz CT molecular complexity index is 1070. The number of carbonyl (C=O) groups is 2. The molecule has 2 atom stereocenters. The summed E-state index contributed by atoms with van der Waals surface area (Å²) in [6, 6.07) is 16.7. The topological polar surface area (TPSA) is 95.6 Å². The van der Waals surface area contributed by atoms with Gasteiger partial charge < -0.3 is 10.6 Å². The van der Waals surface area contributed by atoms with Crippen molar-refractivity contribution in [2.24, 2.45) is 5.92 Å². The Morgan fingerprint density at radius 1 is 1.09 bits per heavy atom. The van der Waals surface area contributed by atoms with Crippen LogP contribution in [0.25, 0.3) is 0 Å². The first-order valence-electron chi connectivity index (χ1n) is 12.0. The predicted molar refractivity (Wildman–Crippen MR) is 135 cm³/mol. The maximum Gasteiger partial charge on any atom is 0.253 e. The van der Waals surface area contributed by atoms with Gasteiger partial charge in [-0.05, 0) is 56.7 Å². The van der Waals surface area contributed by atoms with E-state index in [1.165, 1.54) is 4.31 Å². The van der Waals surface area contributed by atoms with Crippen molar-refractivity contribution < 1.29 is 18.0 Å². The van der Waals surface area contributed by atoms with Crippen LogP contribution in [0.3, 0.4) is 0 Å². The van der Waals surface area contributed by atoms with Crippen molar-refractivity contribution in [1.29, 1.82) is 0 Å². The molecule has 0 radical (unpaired) electrons. The third-order valence-electron chi connectivity index (χ3n) is 6.28. The highest BCUT2D eigenvalue weighted by Gasteiger charge is 2.32. The number of anilines is 1. The molecule has 3 rings (SSSR count). The number of piperidine rings is 1. The van der Waals surface area contributed by atoms with E-state index < -0.39 is 15.9 Å². The highest BCUT2D eigenvalue weighted by Crippen LogP contribution is 2.23. The minimum Gasteiger partial charge on any atom is -0.350 e. The van der Waals surface area contributed by atoms with Crippen LogP contribution in [0.5, 0.6) is 0 Å². The number of rotatable bonds is 10. The Hall–Kier alpha value is -2.71. The summed E-state index contributed by atoms with van der Waals surface area (Å²) < 4.78 is 27.3. The van der Waals surface area contributed by atoms with Gasteiger partial charge in [0.1, 0.15) is 0 Å². The van der Waals surface area contributed by atoms with Crippen LogP contribution in [0.4, 0.5) is 5.69 Å². The number of nitrogens with zero attached hydrogens (tertiary/aromatic N) is 1. The van der Waals surface area contributed by atoms with Crippen molar-refractivity contribution >= 4 is 27.5 Å². The molecule has 34 heavy (non-hydrogen) atoms. The van der Waals surface area contributed by atoms with E-state index in [9.17, 15) is 18.0 Å². The normalized spacial score (nSPS) is 17.6. The van der Waals surface area contributed by atoms with Crippen molar-refractivity contribution in [2.45, 2.75) is 52.0 Å². The Morgan fingerprint density at radius 2 is 1.79 bits per heavy atom. The minimum absolute atomic E-state index is 0.0234. The molecular formula is C26H35N3O4S. The summed E-state index contributed by atoms with van der Waals surface area (Å²) in [6.45, 7) is 4.52. The van der Waals surface area contributed by atoms with Crippen LogP contribution >= 0.6 is 0 Å². The molecule has 2 N–H and O–H groups in total. The largest absolute Gasteiger partial charge is 0.350 e. The number of sulfonamides is 1. The summed E-state index contributed by atoms with van der Waals surface area (Å²) in [5, 5.41) is 5.79. The molecule has 1 heterocycles. The Kier molecular flexibility index (Phi) is 9.24. The Balaban J connectivity index is 1.59. The molecule has 0 bridgehead atoms. The molecule has 1 fully saturated rings. The fraction of sp³-hybridized carbons (Fsp3) is 0.462. The smallest absolute Gasteiger partial charge is 0.253 e. The summed E-state index contributed by atoms with van der Waals surface area (Å²) in [7, 11) is -3.44. The number of hydrogen-bond donors (Lipinski definition) is 2. The van der Waals surface area contributed by atoms with Gasteiger partial charge in [-0.1, -0.05) is 49.4 Å². The van der Waals surface area contributed by atoms with Gasteiger partial charge in [-0.15, -0.1) is 0 Å². The summed E-state index contributed by atoms with van der Waals surface area (Å²) in [5.41, 5.74) is 1.96. The predicted octanol–water partition coefficient (Wildman–Crippen LogP) is 3.83. The van der Waals surface area contributed by atoms with Crippen LogP contribution in [-0.4, -0.2) is 49.4 Å². The summed E-state index contributed by atoms with van der Waals surface area (Å²) in [6.07, 6.45) is 3.29. The molecular weight excluding hydrogens is 450 g/mol. The van der Waals surface area contributed by atoms with Crippen molar-refractivity contribution in [3.63, 3.8) is 0 Å². The van der Waals surface area contributed by atoms with Crippen molar-refractivity contribution in [3.05, 3.63) is 65.7 Å². The number of hydrogen-bond acceptors (Lipinski definition) is 4. The lowest BCUT2D eigenvalue weighted by molar-refractivity contribution is -0.120. The molecule has 1 saturated heterocycles. The zero-order valence-corrected chi connectivity index (χ0v) is 20.8. The molecule has 0 aromatic heterocycles. The number of carbonyl (C=O) groups excluding carboxylic acids is 2. The van der Waals surface area contributed by atoms with E-state index in [1.54, 1.807) is 24.3 Å². The highest BCUT2D eigenvalue weighted by atomic mass is 32.2. The first-order chi connectivity index (χ1) is 16.3. The molecule has 184 valence electrons. The third-order valence-corrected chi connectivity index (χ3v) is 8.20. The van der Waals surface area contributed by atoms with Crippen molar-refractivity contribution in [1.82, 2.24) is 9.62 Å². The van der Waals surface area contributed by atoms with E-state index in [-0.39, 0.29) is 30.2 Å². The van der Waals surface area contributed by atoms with E-state index >= 15 is 0 Å². The molecule has 7 nitrogen and oxygen atoms in total. The van der Waals surface area contributed by atoms with E-state index in [0.29, 0.717) is 43.5 Å². The lowest BCUT2D eigenvalue weighted by Crippen LogP contribution is -2.44. The Labute approximate surface area is 203 Å². The Morgan fingerprint density at radius 3 is 2.53 bits per heavy atom. The minimum atomic E-state index is -3.44. The number of amides is 2. The molecule has 8 heteroatoms. The van der Waals surface area contributed by atoms with E-state index in [0.717, 1.165) is 12.0 Å². The number of benzene rings is 2. The fourth-order valence-electron chi connectivity index (χ4n) is 4.07. The zero-order chi connectivity index (χ0) is 24.6. The molecule has 2 amide bonds. The standard InChI is InChI=1S/C26H35N3O4S/c1-3-20(2)27-26(31)23-15-7-8-16-24(23)28-25(30)22-14-9-17-29(19-22)34(32,33)18-10-13-21-11-5-4-6-12-21/h4-8,11-12,15-16,20,22H,3,9-10,13-14,17-19H2,1-2H3,(H,27,31)(H,28,30)/t20-,22+/m0/s1. The number of nitrogens with one attached hydrogen (secondary N) is 2. The highest BCUT2D eigenvalue weighted by molar-refractivity contribution is 7.89. The molecule has 2 aromatic rings. The maximum absolute atomic E-state index is 13.0. The van der Waals surface area contributed by atoms with Gasteiger partial charge in [0.25, 0.3) is 5.91 Å². The van der Waals surface area contributed by atoms with Crippen LogP contribution in [-0.2, 0) is 21.2 Å². The van der Waals surface area contributed by atoms with Crippen LogP contribution in [0.15, 0.2) is 54.6 Å². The second-order valence-electron chi connectivity index (χ2n) is 8.92. The van der Waals surface area contributed by atoms with Gasteiger partial charge in [0.2, 0.25) is 15.9 Å². The summed E-state index contributed by atoms with van der Waals surface area (Å²) in [4.78, 5) is 25.7. The van der Waals surface area contributed by atoms with Gasteiger partial charge in [-0.3, -0.25) is 9.59 Å². The van der Waals surface area contributed by atoms with Gasteiger partial charge in [-0.25, -0.2) is 12.7 Å². The van der Waals surface area contributed by atoms with Crippen LogP contribution in [0.2, 0.25) is 0 Å². The van der Waals surface area contributed by atoms with Crippen LogP contribution in [0, 0.1) is 5.92 Å². The van der Waals surface area contributed by atoms with Crippen molar-refractivity contribution in [2.75, 3.05) is 24.2 Å². The monoisotopic (exact) mass is 485 g/mol. The van der Waals surface area contributed by atoms with Gasteiger partial charge in [0.15, 0.2) is 0 Å². The number of para-hydroxylation sites is 1. The molecule has 0 spiro atoms. The quantitative estimate of drug-likeness (QED) is 0.535. The van der Waals surface area contributed by atoms with Gasteiger partial charge >= 0.3 is 0 Å². The molecule has 1 aliphatic rings. The maximum atomic E-state index is 13.0. The lowest BCUT2D eigenvalue weighted by Gasteiger charge is -2.31. The van der Waals surface area contributed by atoms with Crippen molar-refractivity contribution in [3.8, 4) is 0 Å². The van der Waals surface area contributed by atoms with Gasteiger partial charge in [0.05, 0.1) is 22.9 Å². The second-order valence-corrected chi connectivity index (χ2v) is 11.0. The van der Waals surface area contributed by atoms with Crippen LogP contribution < -0.4 is 10.6 Å². The van der Waals surface area contributed by atoms with E-state index in [4.69, 9.17) is 0 Å². The summed E-state index contributed by atoms with van der Waals surface area (Å²) in [5.74, 6) is -0.887. The number of aryl methyl sites for hydroxylation is 1. The average molecular weight is 486 g/mol. The van der Waals surface area contributed by atoms with E-state index in [2.05, 4.69) is 10.6 Å². The molecule has 0 aliphatic carbocycles. The van der Waals surface area contributed by atoms with E-state index in [1.807, 2.05) is 44.2 Å². The molecule has 0 unspecified atom stereocenters. The first-order valence-corrected chi connectivity index (χ1v) is 13.6. The summed E-state index contributed by atoms with van der Waals surface area (Å²) >= 11 is 0. The fourth-order valence-corrected chi connectivity index (χ4v) is 5.65. The van der Waals surface area contributed by atoms with Gasteiger partial charge in [0, 0.05) is 19.1 Å². The molecule has 0 saturated carbocycles. The zero-order valence-electron chi connectivity index (χ0n) is 20.0. The third kappa shape index (κ3) is 7.14. The second kappa shape index (κ2) is 12.1. The SMILES string of the molecule is CC[C@H](C)NC(=O)c1ccccc1NC(=O)[C@@H]1CCCN(S(=O)(=O)CCCc2ccccc2)C1. The van der Waals surface area contributed by atoms with Gasteiger partial charge in [-0.2, -0.15) is 0 Å². The molecule has 2 aromatic carbocycles. The van der Waals surface area contributed by atoms with Crippen LogP contribution in [0.1, 0.15) is 55.5 Å². The molecule has 1 aliphatic heterocycles.